The lowest BCUT2D eigenvalue weighted by Gasteiger charge is -1.87. The van der Waals surface area contributed by atoms with Gasteiger partial charge in [0.2, 0.25) is 5.82 Å². The molecule has 0 aromatic carbocycles. The molecule has 0 aliphatic rings. The van der Waals surface area contributed by atoms with Gasteiger partial charge in [-0.3, -0.25) is 0 Å². The molecule has 2 aromatic heterocycles. The molecule has 0 spiro atoms. The molecule has 0 saturated carbocycles. The highest BCUT2D eigenvalue weighted by Gasteiger charge is 2.10. The minimum absolute atomic E-state index is 0.0799. The standard InChI is InChI=1S/C7H4BrN3O2/c8-5-4-3(1-2-9-5)10-6(11-4)7(12)13/h1-2H,(H,10,11)(H,12,13). The van der Waals surface area contributed by atoms with Crippen molar-refractivity contribution >= 4 is 32.9 Å². The Morgan fingerprint density at radius 2 is 2.38 bits per heavy atom. The fourth-order valence-corrected chi connectivity index (χ4v) is 1.42. The topological polar surface area (TPSA) is 78.9 Å². The Kier molecular flexibility index (Phi) is 1.77. The van der Waals surface area contributed by atoms with Crippen molar-refractivity contribution in [1.29, 1.82) is 0 Å². The number of halogens is 1. The maximum absolute atomic E-state index is 10.6. The van der Waals surface area contributed by atoms with Crippen molar-refractivity contribution in [2.24, 2.45) is 0 Å². The first-order chi connectivity index (χ1) is 6.18. The summed E-state index contributed by atoms with van der Waals surface area (Å²) in [6.45, 7) is 0. The van der Waals surface area contributed by atoms with Gasteiger partial charge in [-0.15, -0.1) is 0 Å². The molecule has 13 heavy (non-hydrogen) atoms. The van der Waals surface area contributed by atoms with Crippen molar-refractivity contribution in [2.75, 3.05) is 0 Å². The first-order valence-electron chi connectivity index (χ1n) is 3.42. The SMILES string of the molecule is O=C(O)c1nc2c(Br)nccc2[nH]1. The van der Waals surface area contributed by atoms with Gasteiger partial charge >= 0.3 is 5.97 Å². The van der Waals surface area contributed by atoms with E-state index in [-0.39, 0.29) is 5.82 Å². The third kappa shape index (κ3) is 1.29. The van der Waals surface area contributed by atoms with Gasteiger partial charge in [-0.1, -0.05) is 0 Å². The van der Waals surface area contributed by atoms with Crippen molar-refractivity contribution < 1.29 is 9.90 Å². The number of pyridine rings is 1. The summed E-state index contributed by atoms with van der Waals surface area (Å²) in [4.78, 5) is 21.0. The number of aromatic carboxylic acids is 1. The van der Waals surface area contributed by atoms with E-state index in [4.69, 9.17) is 5.11 Å². The van der Waals surface area contributed by atoms with Crippen molar-refractivity contribution in [3.63, 3.8) is 0 Å². The number of nitrogens with one attached hydrogen (secondary N) is 1. The second-order valence-electron chi connectivity index (χ2n) is 2.39. The Balaban J connectivity index is 2.75. The number of nitrogens with zero attached hydrogens (tertiary/aromatic N) is 2. The van der Waals surface area contributed by atoms with Gasteiger partial charge in [0, 0.05) is 6.20 Å². The Morgan fingerprint density at radius 3 is 3.00 bits per heavy atom. The van der Waals surface area contributed by atoms with Gasteiger partial charge in [0.05, 0.1) is 5.52 Å². The lowest BCUT2D eigenvalue weighted by Crippen LogP contribution is -1.97. The molecule has 0 fully saturated rings. The van der Waals surface area contributed by atoms with Crippen LogP contribution in [0, 0.1) is 0 Å². The highest BCUT2D eigenvalue weighted by molar-refractivity contribution is 9.10. The summed E-state index contributed by atoms with van der Waals surface area (Å²) >= 11 is 3.17. The number of rotatable bonds is 1. The predicted octanol–water partition coefficient (Wildman–Crippen LogP) is 1.42. The van der Waals surface area contributed by atoms with E-state index in [2.05, 4.69) is 30.9 Å². The molecular formula is C7H4BrN3O2. The molecule has 0 amide bonds. The van der Waals surface area contributed by atoms with E-state index in [9.17, 15) is 4.79 Å². The summed E-state index contributed by atoms with van der Waals surface area (Å²) in [5.74, 6) is -1.16. The minimum atomic E-state index is -1.08. The smallest absolute Gasteiger partial charge is 0.371 e. The average molecular weight is 242 g/mol. The lowest BCUT2D eigenvalue weighted by molar-refractivity contribution is 0.0685. The number of fused-ring (bicyclic) bond motifs is 1. The van der Waals surface area contributed by atoms with Gasteiger partial charge < -0.3 is 10.1 Å². The third-order valence-electron chi connectivity index (χ3n) is 1.56. The van der Waals surface area contributed by atoms with Gasteiger partial charge in [-0.2, -0.15) is 0 Å². The van der Waals surface area contributed by atoms with Crippen LogP contribution in [0.4, 0.5) is 0 Å². The third-order valence-corrected chi connectivity index (χ3v) is 2.14. The normalized spacial score (nSPS) is 10.5. The molecule has 0 bridgehead atoms. The largest absolute Gasteiger partial charge is 0.475 e. The Labute approximate surface area is 80.9 Å². The molecule has 66 valence electrons. The summed E-state index contributed by atoms with van der Waals surface area (Å²) < 4.78 is 0.536. The Bertz CT molecular complexity index is 480. The number of carboxylic acid groups (broad SMARTS) is 1. The second kappa shape index (κ2) is 2.81. The number of imidazole rings is 1. The van der Waals surface area contributed by atoms with Crippen molar-refractivity contribution in [3.05, 3.63) is 22.7 Å². The average Bonchev–Trinajstić information content (AvgIpc) is 2.49. The van der Waals surface area contributed by atoms with Gasteiger partial charge in [0.25, 0.3) is 0 Å². The molecule has 5 nitrogen and oxygen atoms in total. The highest BCUT2D eigenvalue weighted by atomic mass is 79.9. The Morgan fingerprint density at radius 1 is 1.62 bits per heavy atom. The second-order valence-corrected chi connectivity index (χ2v) is 3.14. The number of aromatic amines is 1. The molecule has 6 heteroatoms. The maximum Gasteiger partial charge on any atom is 0.371 e. The van der Waals surface area contributed by atoms with E-state index in [0.717, 1.165) is 0 Å². The van der Waals surface area contributed by atoms with Crippen LogP contribution in [0.1, 0.15) is 10.6 Å². The van der Waals surface area contributed by atoms with Crippen molar-refractivity contribution in [2.45, 2.75) is 0 Å². The van der Waals surface area contributed by atoms with Crippen LogP contribution in [0.25, 0.3) is 11.0 Å². The number of hydrogen-bond acceptors (Lipinski definition) is 3. The van der Waals surface area contributed by atoms with Crippen LogP contribution < -0.4 is 0 Å². The van der Waals surface area contributed by atoms with Gasteiger partial charge in [0.1, 0.15) is 10.1 Å². The van der Waals surface area contributed by atoms with Crippen LogP contribution in [0.3, 0.4) is 0 Å². The van der Waals surface area contributed by atoms with E-state index >= 15 is 0 Å². The molecule has 2 N–H and O–H groups in total. The summed E-state index contributed by atoms with van der Waals surface area (Å²) in [5.41, 5.74) is 1.18. The van der Waals surface area contributed by atoms with E-state index in [0.29, 0.717) is 15.6 Å². The first-order valence-corrected chi connectivity index (χ1v) is 4.21. The Hall–Kier alpha value is -1.43. The van der Waals surface area contributed by atoms with Gasteiger partial charge in [0.15, 0.2) is 0 Å². The van der Waals surface area contributed by atoms with E-state index in [1.807, 2.05) is 0 Å². The molecule has 0 atom stereocenters. The molecular weight excluding hydrogens is 238 g/mol. The molecule has 0 aliphatic carbocycles. The van der Waals surface area contributed by atoms with Crippen LogP contribution in [0.5, 0.6) is 0 Å². The molecule has 0 aliphatic heterocycles. The molecule has 0 saturated heterocycles. The van der Waals surface area contributed by atoms with Gasteiger partial charge in [-0.25, -0.2) is 14.8 Å². The number of hydrogen-bond donors (Lipinski definition) is 2. The number of carboxylic acids is 1. The minimum Gasteiger partial charge on any atom is -0.475 e. The van der Waals surface area contributed by atoms with Crippen LogP contribution >= 0.6 is 15.9 Å². The predicted molar refractivity (Wildman–Crippen MR) is 48.5 cm³/mol. The molecule has 0 unspecified atom stereocenters. The molecule has 2 rings (SSSR count). The maximum atomic E-state index is 10.6. The summed E-state index contributed by atoms with van der Waals surface area (Å²) in [5, 5.41) is 8.65. The zero-order valence-corrected chi connectivity index (χ0v) is 7.87. The first kappa shape index (κ1) is 8.18. The van der Waals surface area contributed by atoms with Crippen LogP contribution in [-0.4, -0.2) is 26.0 Å². The fourth-order valence-electron chi connectivity index (χ4n) is 1.00. The van der Waals surface area contributed by atoms with E-state index < -0.39 is 5.97 Å². The summed E-state index contributed by atoms with van der Waals surface area (Å²) in [6, 6.07) is 1.67. The van der Waals surface area contributed by atoms with Gasteiger partial charge in [-0.05, 0) is 22.0 Å². The van der Waals surface area contributed by atoms with Crippen LogP contribution in [0.15, 0.2) is 16.9 Å². The monoisotopic (exact) mass is 241 g/mol. The number of H-pyrrole nitrogens is 1. The summed E-state index contributed by atoms with van der Waals surface area (Å²) in [6.07, 6.45) is 1.57. The number of carbonyl (C=O) groups is 1. The van der Waals surface area contributed by atoms with E-state index in [1.54, 1.807) is 12.3 Å². The van der Waals surface area contributed by atoms with Crippen LogP contribution in [0.2, 0.25) is 0 Å². The highest BCUT2D eigenvalue weighted by Crippen LogP contribution is 2.18. The van der Waals surface area contributed by atoms with Crippen LogP contribution in [-0.2, 0) is 0 Å². The molecule has 0 radical (unpaired) electrons. The zero-order chi connectivity index (χ0) is 9.42. The van der Waals surface area contributed by atoms with E-state index in [1.165, 1.54) is 0 Å². The lowest BCUT2D eigenvalue weighted by atomic mass is 10.4. The number of aromatic nitrogens is 3. The zero-order valence-electron chi connectivity index (χ0n) is 6.28. The van der Waals surface area contributed by atoms with Crippen molar-refractivity contribution in [3.8, 4) is 0 Å². The van der Waals surface area contributed by atoms with Crippen molar-refractivity contribution in [1.82, 2.24) is 15.0 Å². The quantitative estimate of drug-likeness (QED) is 0.741. The summed E-state index contributed by atoms with van der Waals surface area (Å²) in [7, 11) is 0. The fraction of sp³-hybridized carbons (Fsp3) is 0. The molecule has 2 aromatic rings. The molecule has 2 heterocycles.